The van der Waals surface area contributed by atoms with Gasteiger partial charge in [-0.15, -0.1) is 0 Å². The molecule has 2 fully saturated rings. The Hall–Kier alpha value is -0.330. The fourth-order valence-electron chi connectivity index (χ4n) is 3.51. The molecule has 86 valence electrons. The molecule has 0 aromatic heterocycles. The van der Waals surface area contributed by atoms with Crippen molar-refractivity contribution in [1.29, 1.82) is 0 Å². The number of nitrogens with zero attached hydrogens (tertiary/aromatic N) is 1. The highest BCUT2D eigenvalue weighted by Crippen LogP contribution is 2.40. The molecule has 15 heavy (non-hydrogen) atoms. The SMILES string of the molecule is C=NC1CCC(C2CCC(C)CC2)CC1. The first-order chi connectivity index (χ1) is 7.29. The zero-order valence-electron chi connectivity index (χ0n) is 10.1. The third-order valence-corrected chi connectivity index (χ3v) is 4.73. The van der Waals surface area contributed by atoms with E-state index in [9.17, 15) is 0 Å². The number of aliphatic imine (C=N–C) groups is 1. The molecule has 0 radical (unpaired) electrons. The zero-order chi connectivity index (χ0) is 10.7. The molecular weight excluding hydrogens is 182 g/mol. The fraction of sp³-hybridized carbons (Fsp3) is 0.929. The van der Waals surface area contributed by atoms with Crippen molar-refractivity contribution >= 4 is 6.72 Å². The Bertz CT molecular complexity index is 195. The molecule has 0 aromatic carbocycles. The summed E-state index contributed by atoms with van der Waals surface area (Å²) in [7, 11) is 0. The van der Waals surface area contributed by atoms with Crippen LogP contribution in [0.3, 0.4) is 0 Å². The van der Waals surface area contributed by atoms with Crippen molar-refractivity contribution in [2.45, 2.75) is 64.3 Å². The van der Waals surface area contributed by atoms with Crippen molar-refractivity contribution in [1.82, 2.24) is 0 Å². The van der Waals surface area contributed by atoms with Crippen molar-refractivity contribution in [2.75, 3.05) is 0 Å². The summed E-state index contributed by atoms with van der Waals surface area (Å²) in [5.41, 5.74) is 0. The van der Waals surface area contributed by atoms with E-state index in [-0.39, 0.29) is 0 Å². The van der Waals surface area contributed by atoms with Crippen molar-refractivity contribution in [3.8, 4) is 0 Å². The van der Waals surface area contributed by atoms with Crippen LogP contribution in [0.25, 0.3) is 0 Å². The van der Waals surface area contributed by atoms with Gasteiger partial charge in [-0.2, -0.15) is 0 Å². The predicted molar refractivity (Wildman–Crippen MR) is 66.4 cm³/mol. The molecule has 0 saturated heterocycles. The number of rotatable bonds is 2. The molecule has 0 unspecified atom stereocenters. The Balaban J connectivity index is 1.78. The summed E-state index contributed by atoms with van der Waals surface area (Å²) in [5.74, 6) is 3.06. The average molecular weight is 207 g/mol. The highest BCUT2D eigenvalue weighted by atomic mass is 14.7. The number of hydrogen-bond donors (Lipinski definition) is 0. The van der Waals surface area contributed by atoms with Crippen molar-refractivity contribution in [3.63, 3.8) is 0 Å². The highest BCUT2D eigenvalue weighted by molar-refractivity contribution is 5.24. The molecule has 0 heterocycles. The zero-order valence-corrected chi connectivity index (χ0v) is 10.1. The van der Waals surface area contributed by atoms with Crippen LogP contribution in [0.1, 0.15) is 58.3 Å². The van der Waals surface area contributed by atoms with Gasteiger partial charge in [-0.25, -0.2) is 0 Å². The van der Waals surface area contributed by atoms with Gasteiger partial charge in [0.1, 0.15) is 0 Å². The molecule has 0 aliphatic heterocycles. The second kappa shape index (κ2) is 5.14. The van der Waals surface area contributed by atoms with E-state index in [0.717, 1.165) is 17.8 Å². The Morgan fingerprint density at radius 1 is 0.800 bits per heavy atom. The first kappa shape index (κ1) is 11.2. The first-order valence-electron chi connectivity index (χ1n) is 6.75. The van der Waals surface area contributed by atoms with Crippen molar-refractivity contribution in [2.24, 2.45) is 22.7 Å². The predicted octanol–water partition coefficient (Wildman–Crippen LogP) is 4.07. The van der Waals surface area contributed by atoms with Crippen LogP contribution < -0.4 is 0 Å². The van der Waals surface area contributed by atoms with Gasteiger partial charge in [0.2, 0.25) is 0 Å². The standard InChI is InChI=1S/C14H25N/c1-11-3-5-12(6-4-11)13-7-9-14(15-2)10-8-13/h11-14H,2-10H2,1H3. The maximum absolute atomic E-state index is 4.19. The molecule has 2 aliphatic rings. The summed E-state index contributed by atoms with van der Waals surface area (Å²) < 4.78 is 0. The van der Waals surface area contributed by atoms with Gasteiger partial charge in [-0.3, -0.25) is 4.99 Å². The minimum atomic E-state index is 0.587. The molecule has 0 aromatic rings. The topological polar surface area (TPSA) is 12.4 Å². The minimum Gasteiger partial charge on any atom is -0.298 e. The summed E-state index contributed by atoms with van der Waals surface area (Å²) in [4.78, 5) is 4.19. The van der Waals surface area contributed by atoms with E-state index < -0.39 is 0 Å². The smallest absolute Gasteiger partial charge is 0.0492 e. The molecule has 0 amide bonds. The molecule has 0 spiro atoms. The Kier molecular flexibility index (Phi) is 3.82. The van der Waals surface area contributed by atoms with Gasteiger partial charge in [0.15, 0.2) is 0 Å². The molecule has 1 heteroatoms. The lowest BCUT2D eigenvalue weighted by molar-refractivity contribution is 0.166. The van der Waals surface area contributed by atoms with Crippen molar-refractivity contribution < 1.29 is 0 Å². The minimum absolute atomic E-state index is 0.587. The van der Waals surface area contributed by atoms with E-state index in [0.29, 0.717) is 6.04 Å². The average Bonchev–Trinajstić information content (AvgIpc) is 2.30. The van der Waals surface area contributed by atoms with Gasteiger partial charge in [0.25, 0.3) is 0 Å². The second-order valence-corrected chi connectivity index (χ2v) is 5.77. The molecule has 2 aliphatic carbocycles. The van der Waals surface area contributed by atoms with E-state index >= 15 is 0 Å². The van der Waals surface area contributed by atoms with E-state index in [1.807, 2.05) is 0 Å². The molecule has 0 bridgehead atoms. The molecule has 2 rings (SSSR count). The van der Waals surface area contributed by atoms with Gasteiger partial charge in [0.05, 0.1) is 0 Å². The van der Waals surface area contributed by atoms with E-state index in [1.54, 1.807) is 0 Å². The first-order valence-corrected chi connectivity index (χ1v) is 6.75. The monoisotopic (exact) mass is 207 g/mol. The molecule has 0 atom stereocenters. The van der Waals surface area contributed by atoms with Crippen molar-refractivity contribution in [3.05, 3.63) is 0 Å². The van der Waals surface area contributed by atoms with E-state index in [1.165, 1.54) is 51.4 Å². The lowest BCUT2D eigenvalue weighted by atomic mass is 9.70. The lowest BCUT2D eigenvalue weighted by Gasteiger charge is -2.36. The van der Waals surface area contributed by atoms with Crippen LogP contribution in [0.4, 0.5) is 0 Å². The maximum Gasteiger partial charge on any atom is 0.0492 e. The summed E-state index contributed by atoms with van der Waals surface area (Å²) in [6.07, 6.45) is 11.4. The normalized spacial score (nSPS) is 42.5. The van der Waals surface area contributed by atoms with E-state index in [4.69, 9.17) is 0 Å². The van der Waals surface area contributed by atoms with Gasteiger partial charge < -0.3 is 0 Å². The quantitative estimate of drug-likeness (QED) is 0.605. The van der Waals surface area contributed by atoms with Crippen LogP contribution in [0.2, 0.25) is 0 Å². The van der Waals surface area contributed by atoms with E-state index in [2.05, 4.69) is 18.6 Å². The van der Waals surface area contributed by atoms with Crippen LogP contribution in [-0.4, -0.2) is 12.8 Å². The molecule has 0 N–H and O–H groups in total. The molecule has 1 nitrogen and oxygen atoms in total. The van der Waals surface area contributed by atoms with Crippen LogP contribution in [0, 0.1) is 17.8 Å². The van der Waals surface area contributed by atoms with Gasteiger partial charge >= 0.3 is 0 Å². The third kappa shape index (κ3) is 2.83. The molecular formula is C14H25N. The van der Waals surface area contributed by atoms with Gasteiger partial charge in [0, 0.05) is 6.04 Å². The lowest BCUT2D eigenvalue weighted by Crippen LogP contribution is -2.26. The maximum atomic E-state index is 4.19. The van der Waals surface area contributed by atoms with Crippen LogP contribution in [-0.2, 0) is 0 Å². The summed E-state index contributed by atoms with van der Waals surface area (Å²) >= 11 is 0. The largest absolute Gasteiger partial charge is 0.298 e. The van der Waals surface area contributed by atoms with Crippen LogP contribution in [0.15, 0.2) is 4.99 Å². The fourth-order valence-corrected chi connectivity index (χ4v) is 3.51. The Morgan fingerprint density at radius 3 is 1.73 bits per heavy atom. The highest BCUT2D eigenvalue weighted by Gasteiger charge is 2.29. The second-order valence-electron chi connectivity index (χ2n) is 5.77. The summed E-state index contributed by atoms with van der Waals surface area (Å²) in [6, 6.07) is 0.587. The summed E-state index contributed by atoms with van der Waals surface area (Å²) in [5, 5.41) is 0. The number of hydrogen-bond acceptors (Lipinski definition) is 1. The van der Waals surface area contributed by atoms with Gasteiger partial charge in [-0.05, 0) is 63.0 Å². The Labute approximate surface area is 94.4 Å². The van der Waals surface area contributed by atoms with Crippen LogP contribution in [0.5, 0.6) is 0 Å². The van der Waals surface area contributed by atoms with Gasteiger partial charge in [-0.1, -0.05) is 19.8 Å². The Morgan fingerprint density at radius 2 is 1.27 bits per heavy atom. The molecule has 2 saturated carbocycles. The van der Waals surface area contributed by atoms with Crippen LogP contribution >= 0.6 is 0 Å². The summed E-state index contributed by atoms with van der Waals surface area (Å²) in [6.45, 7) is 6.09. The third-order valence-electron chi connectivity index (χ3n) is 4.73.